The van der Waals surface area contributed by atoms with Gasteiger partial charge in [0, 0.05) is 11.0 Å². The maximum absolute atomic E-state index is 11.4. The van der Waals surface area contributed by atoms with Crippen LogP contribution in [0.2, 0.25) is 0 Å². The molecule has 0 aliphatic heterocycles. The van der Waals surface area contributed by atoms with E-state index >= 15 is 0 Å². The summed E-state index contributed by atoms with van der Waals surface area (Å²) in [6.07, 6.45) is 0. The van der Waals surface area contributed by atoms with Crippen LogP contribution < -0.4 is 0 Å². The number of fused-ring (bicyclic) bond motifs is 1. The van der Waals surface area contributed by atoms with Crippen LogP contribution in [-0.4, -0.2) is 25.7 Å². The van der Waals surface area contributed by atoms with Gasteiger partial charge in [0.2, 0.25) is 0 Å². The summed E-state index contributed by atoms with van der Waals surface area (Å²) in [5.41, 5.74) is 2.07. The van der Waals surface area contributed by atoms with Gasteiger partial charge in [0.1, 0.15) is 5.56 Å². The van der Waals surface area contributed by atoms with Crippen LogP contribution in [0.15, 0.2) is 42.5 Å². The maximum atomic E-state index is 11.4. The first-order valence-corrected chi connectivity index (χ1v) is 7.07. The molecule has 0 unspecified atom stereocenters. The molecular formula is C17H17N3O2. The van der Waals surface area contributed by atoms with Gasteiger partial charge in [-0.05, 0) is 12.1 Å². The van der Waals surface area contributed by atoms with E-state index in [1.807, 2.05) is 51.1 Å². The van der Waals surface area contributed by atoms with E-state index in [0.29, 0.717) is 11.5 Å². The van der Waals surface area contributed by atoms with Gasteiger partial charge in [-0.2, -0.15) is 5.10 Å². The average Bonchev–Trinajstić information content (AvgIpc) is 2.92. The molecule has 112 valence electrons. The van der Waals surface area contributed by atoms with Gasteiger partial charge in [-0.1, -0.05) is 51.1 Å². The Morgan fingerprint density at radius 1 is 1.09 bits per heavy atom. The molecule has 0 atom stereocenters. The molecule has 0 amide bonds. The first-order chi connectivity index (χ1) is 10.4. The third-order valence-corrected chi connectivity index (χ3v) is 3.45. The highest BCUT2D eigenvalue weighted by molar-refractivity contribution is 5.95. The molecule has 5 nitrogen and oxygen atoms in total. The van der Waals surface area contributed by atoms with E-state index in [-0.39, 0.29) is 11.0 Å². The zero-order valence-corrected chi connectivity index (χ0v) is 12.7. The van der Waals surface area contributed by atoms with Gasteiger partial charge in [-0.3, -0.25) is 0 Å². The standard InChI is InChI=1S/C17H17N3O2/c1-17(2,3)16-18-14-12(15(21)22)9-10-13(20(14)19-16)11-7-5-4-6-8-11/h4-10H,1-3H3,(H,21,22). The molecular weight excluding hydrogens is 278 g/mol. The molecule has 0 bridgehead atoms. The lowest BCUT2D eigenvalue weighted by molar-refractivity contribution is 0.0698. The monoisotopic (exact) mass is 295 g/mol. The summed E-state index contributed by atoms with van der Waals surface area (Å²) in [5.74, 6) is -0.379. The van der Waals surface area contributed by atoms with Gasteiger partial charge in [-0.15, -0.1) is 0 Å². The number of carboxylic acid groups (broad SMARTS) is 1. The highest BCUT2D eigenvalue weighted by Crippen LogP contribution is 2.25. The van der Waals surface area contributed by atoms with E-state index < -0.39 is 5.97 Å². The van der Waals surface area contributed by atoms with Crippen molar-refractivity contribution in [3.63, 3.8) is 0 Å². The fraction of sp³-hybridized carbons (Fsp3) is 0.235. The van der Waals surface area contributed by atoms with Crippen LogP contribution in [0, 0.1) is 0 Å². The molecule has 1 N–H and O–H groups in total. The molecule has 1 aromatic carbocycles. The predicted molar refractivity (Wildman–Crippen MR) is 84.1 cm³/mol. The minimum atomic E-state index is -1.00. The summed E-state index contributed by atoms with van der Waals surface area (Å²) in [5, 5.41) is 13.9. The fourth-order valence-electron chi connectivity index (χ4n) is 2.27. The van der Waals surface area contributed by atoms with Gasteiger partial charge in [0.15, 0.2) is 11.5 Å². The Bertz CT molecular complexity index is 845. The summed E-state index contributed by atoms with van der Waals surface area (Å²) in [7, 11) is 0. The number of benzene rings is 1. The van der Waals surface area contributed by atoms with Crippen LogP contribution in [0.3, 0.4) is 0 Å². The lowest BCUT2D eigenvalue weighted by Gasteiger charge is -2.12. The second kappa shape index (κ2) is 4.94. The molecule has 0 radical (unpaired) electrons. The SMILES string of the molecule is CC(C)(C)c1nc2c(C(=O)O)ccc(-c3ccccc3)n2n1. The summed E-state index contributed by atoms with van der Waals surface area (Å²) in [6.45, 7) is 6.01. The third kappa shape index (κ3) is 2.35. The summed E-state index contributed by atoms with van der Waals surface area (Å²) < 4.78 is 1.62. The van der Waals surface area contributed by atoms with Gasteiger partial charge < -0.3 is 5.11 Å². The zero-order valence-electron chi connectivity index (χ0n) is 12.7. The van der Waals surface area contributed by atoms with Crippen LogP contribution in [-0.2, 0) is 5.41 Å². The third-order valence-electron chi connectivity index (χ3n) is 3.45. The van der Waals surface area contributed by atoms with Gasteiger partial charge in [0.25, 0.3) is 0 Å². The number of hydrogen-bond acceptors (Lipinski definition) is 3. The number of pyridine rings is 1. The van der Waals surface area contributed by atoms with E-state index in [0.717, 1.165) is 11.3 Å². The summed E-state index contributed by atoms with van der Waals surface area (Å²) in [4.78, 5) is 15.9. The molecule has 2 aromatic heterocycles. The van der Waals surface area contributed by atoms with E-state index in [4.69, 9.17) is 0 Å². The minimum Gasteiger partial charge on any atom is -0.478 e. The van der Waals surface area contributed by atoms with Crippen molar-refractivity contribution in [2.75, 3.05) is 0 Å². The van der Waals surface area contributed by atoms with Gasteiger partial charge >= 0.3 is 5.97 Å². The van der Waals surface area contributed by atoms with Crippen LogP contribution in [0.1, 0.15) is 37.0 Å². The number of aromatic nitrogens is 3. The van der Waals surface area contributed by atoms with Gasteiger partial charge in [0.05, 0.1) is 5.69 Å². The fourth-order valence-corrected chi connectivity index (χ4v) is 2.27. The van der Waals surface area contributed by atoms with Crippen LogP contribution in [0.4, 0.5) is 0 Å². The molecule has 5 heteroatoms. The van der Waals surface area contributed by atoms with Crippen molar-refractivity contribution in [1.29, 1.82) is 0 Å². The van der Waals surface area contributed by atoms with Gasteiger partial charge in [-0.25, -0.2) is 14.3 Å². The van der Waals surface area contributed by atoms with Crippen molar-refractivity contribution in [1.82, 2.24) is 14.6 Å². The Labute approximate surface area is 128 Å². The summed E-state index contributed by atoms with van der Waals surface area (Å²) in [6, 6.07) is 13.1. The molecule has 0 saturated carbocycles. The van der Waals surface area contributed by atoms with Crippen LogP contribution in [0.5, 0.6) is 0 Å². The summed E-state index contributed by atoms with van der Waals surface area (Å²) >= 11 is 0. The topological polar surface area (TPSA) is 67.5 Å². The van der Waals surface area contributed by atoms with Crippen molar-refractivity contribution in [2.45, 2.75) is 26.2 Å². The Balaban J connectivity index is 2.34. The largest absolute Gasteiger partial charge is 0.478 e. The zero-order chi connectivity index (χ0) is 15.9. The molecule has 0 saturated heterocycles. The highest BCUT2D eigenvalue weighted by atomic mass is 16.4. The number of rotatable bonds is 2. The quantitative estimate of drug-likeness (QED) is 0.787. The second-order valence-electron chi connectivity index (χ2n) is 6.22. The highest BCUT2D eigenvalue weighted by Gasteiger charge is 2.23. The Morgan fingerprint density at radius 3 is 2.36 bits per heavy atom. The van der Waals surface area contributed by atoms with E-state index in [1.165, 1.54) is 0 Å². The normalized spacial score (nSPS) is 11.8. The van der Waals surface area contributed by atoms with Crippen molar-refractivity contribution >= 4 is 11.6 Å². The molecule has 0 aliphatic rings. The smallest absolute Gasteiger partial charge is 0.339 e. The Hall–Kier alpha value is -2.69. The molecule has 3 aromatic rings. The molecule has 0 spiro atoms. The maximum Gasteiger partial charge on any atom is 0.339 e. The van der Waals surface area contributed by atoms with Crippen molar-refractivity contribution < 1.29 is 9.90 Å². The number of nitrogens with zero attached hydrogens (tertiary/aromatic N) is 3. The number of carboxylic acids is 1. The molecule has 2 heterocycles. The molecule has 3 rings (SSSR count). The number of hydrogen-bond donors (Lipinski definition) is 1. The Morgan fingerprint density at radius 2 is 1.77 bits per heavy atom. The molecule has 0 aliphatic carbocycles. The number of aromatic carboxylic acids is 1. The number of carbonyl (C=O) groups is 1. The lowest BCUT2D eigenvalue weighted by Crippen LogP contribution is -2.13. The van der Waals surface area contributed by atoms with Crippen molar-refractivity contribution in [2.24, 2.45) is 0 Å². The Kier molecular flexibility index (Phi) is 3.20. The molecule has 22 heavy (non-hydrogen) atoms. The second-order valence-corrected chi connectivity index (χ2v) is 6.22. The van der Waals surface area contributed by atoms with E-state index in [1.54, 1.807) is 16.6 Å². The van der Waals surface area contributed by atoms with E-state index in [9.17, 15) is 9.90 Å². The first-order valence-electron chi connectivity index (χ1n) is 7.07. The van der Waals surface area contributed by atoms with E-state index in [2.05, 4.69) is 10.1 Å². The van der Waals surface area contributed by atoms with Crippen LogP contribution >= 0.6 is 0 Å². The predicted octanol–water partition coefficient (Wildman–Crippen LogP) is 3.39. The van der Waals surface area contributed by atoms with Crippen molar-refractivity contribution in [3.8, 4) is 11.3 Å². The van der Waals surface area contributed by atoms with Crippen molar-refractivity contribution in [3.05, 3.63) is 53.9 Å². The first kappa shape index (κ1) is 14.3. The average molecular weight is 295 g/mol. The molecule has 0 fully saturated rings. The minimum absolute atomic E-state index is 0.155. The lowest BCUT2D eigenvalue weighted by atomic mass is 9.96. The van der Waals surface area contributed by atoms with Crippen LogP contribution in [0.25, 0.3) is 16.9 Å².